The summed E-state index contributed by atoms with van der Waals surface area (Å²) in [6.45, 7) is 4.30. The smallest absolute Gasteiger partial charge is 0.303 e. The van der Waals surface area contributed by atoms with Crippen molar-refractivity contribution >= 4 is 5.97 Å². The van der Waals surface area contributed by atoms with Gasteiger partial charge in [-0.15, -0.1) is 0 Å². The Morgan fingerprint density at radius 1 is 1.54 bits per heavy atom. The molecule has 3 nitrogen and oxygen atoms in total. The Morgan fingerprint density at radius 3 is 2.54 bits per heavy atom. The monoisotopic (exact) mass is 185 g/mol. The van der Waals surface area contributed by atoms with E-state index in [-0.39, 0.29) is 0 Å². The topological polar surface area (TPSA) is 40.5 Å². The van der Waals surface area contributed by atoms with Gasteiger partial charge in [-0.1, -0.05) is 6.92 Å². The van der Waals surface area contributed by atoms with Crippen LogP contribution in [0.15, 0.2) is 0 Å². The molecule has 1 atom stereocenters. The first-order valence-corrected chi connectivity index (χ1v) is 5.00. The predicted molar refractivity (Wildman–Crippen MR) is 51.6 cm³/mol. The molecule has 1 aliphatic rings. The summed E-state index contributed by atoms with van der Waals surface area (Å²) in [5, 5.41) is 8.66. The molecule has 1 N–H and O–H groups in total. The van der Waals surface area contributed by atoms with Crippen molar-refractivity contribution in [2.45, 2.75) is 26.2 Å². The van der Waals surface area contributed by atoms with E-state index in [4.69, 9.17) is 5.11 Å². The molecule has 1 saturated heterocycles. The van der Waals surface area contributed by atoms with Crippen molar-refractivity contribution < 1.29 is 9.90 Å². The summed E-state index contributed by atoms with van der Waals surface area (Å²) >= 11 is 0. The molecule has 1 rings (SSSR count). The Morgan fingerprint density at radius 2 is 2.08 bits per heavy atom. The summed E-state index contributed by atoms with van der Waals surface area (Å²) in [5.74, 6) is 0.296. The largest absolute Gasteiger partial charge is 0.481 e. The number of rotatable bonds is 3. The van der Waals surface area contributed by atoms with E-state index < -0.39 is 5.97 Å². The summed E-state index contributed by atoms with van der Waals surface area (Å²) in [7, 11) is 2.12. The first-order valence-electron chi connectivity index (χ1n) is 5.00. The zero-order valence-electron chi connectivity index (χ0n) is 8.49. The van der Waals surface area contributed by atoms with Gasteiger partial charge in [0.05, 0.1) is 0 Å². The fraction of sp³-hybridized carbons (Fsp3) is 0.900. The van der Waals surface area contributed by atoms with Crippen molar-refractivity contribution in [2.75, 3.05) is 20.1 Å². The number of piperidine rings is 1. The molecule has 0 bridgehead atoms. The highest BCUT2D eigenvalue weighted by Crippen LogP contribution is 2.26. The summed E-state index contributed by atoms with van der Waals surface area (Å²) in [4.78, 5) is 12.8. The summed E-state index contributed by atoms with van der Waals surface area (Å²) < 4.78 is 0. The first kappa shape index (κ1) is 10.5. The van der Waals surface area contributed by atoms with Gasteiger partial charge in [-0.05, 0) is 44.8 Å². The lowest BCUT2D eigenvalue weighted by atomic mass is 9.84. The minimum absolute atomic E-state index is 0.328. The zero-order valence-corrected chi connectivity index (χ0v) is 8.49. The highest BCUT2D eigenvalue weighted by molar-refractivity contribution is 5.66. The number of hydrogen-bond donors (Lipinski definition) is 1. The number of hydrogen-bond acceptors (Lipinski definition) is 2. The number of aliphatic carboxylic acids is 1. The Hall–Kier alpha value is -0.570. The van der Waals surface area contributed by atoms with Crippen LogP contribution in [0.2, 0.25) is 0 Å². The van der Waals surface area contributed by atoms with Gasteiger partial charge in [0, 0.05) is 6.42 Å². The van der Waals surface area contributed by atoms with Gasteiger partial charge in [-0.3, -0.25) is 4.79 Å². The molecule has 0 amide bonds. The van der Waals surface area contributed by atoms with Gasteiger partial charge in [0.1, 0.15) is 0 Å². The number of likely N-dealkylation sites (tertiary alicyclic amines) is 1. The Labute approximate surface area is 79.7 Å². The van der Waals surface area contributed by atoms with Crippen LogP contribution < -0.4 is 0 Å². The van der Waals surface area contributed by atoms with E-state index in [1.54, 1.807) is 0 Å². The Kier molecular flexibility index (Phi) is 3.72. The lowest BCUT2D eigenvalue weighted by Gasteiger charge is -2.32. The van der Waals surface area contributed by atoms with E-state index in [1.807, 2.05) is 0 Å². The van der Waals surface area contributed by atoms with Crippen LogP contribution in [0.5, 0.6) is 0 Å². The van der Waals surface area contributed by atoms with Crippen molar-refractivity contribution in [3.8, 4) is 0 Å². The van der Waals surface area contributed by atoms with Crippen LogP contribution in [0.3, 0.4) is 0 Å². The molecular weight excluding hydrogens is 166 g/mol. The van der Waals surface area contributed by atoms with Crippen LogP contribution in [-0.2, 0) is 4.79 Å². The third-order valence-corrected chi connectivity index (χ3v) is 3.06. The molecule has 1 fully saturated rings. The van der Waals surface area contributed by atoms with Gasteiger partial charge in [0.2, 0.25) is 0 Å². The van der Waals surface area contributed by atoms with Gasteiger partial charge in [0.25, 0.3) is 0 Å². The third-order valence-electron chi connectivity index (χ3n) is 3.06. The van der Waals surface area contributed by atoms with Crippen LogP contribution in [-0.4, -0.2) is 36.1 Å². The second-order valence-electron chi connectivity index (χ2n) is 4.22. The first-order chi connectivity index (χ1) is 6.09. The van der Waals surface area contributed by atoms with Gasteiger partial charge >= 0.3 is 5.97 Å². The second kappa shape index (κ2) is 4.61. The van der Waals surface area contributed by atoms with Crippen molar-refractivity contribution in [3.63, 3.8) is 0 Å². The minimum atomic E-state index is -0.661. The molecule has 0 aliphatic carbocycles. The van der Waals surface area contributed by atoms with Crippen LogP contribution in [0.1, 0.15) is 26.2 Å². The zero-order chi connectivity index (χ0) is 9.84. The number of carboxylic acid groups (broad SMARTS) is 1. The van der Waals surface area contributed by atoms with E-state index in [1.165, 1.54) is 0 Å². The van der Waals surface area contributed by atoms with E-state index in [0.717, 1.165) is 25.9 Å². The van der Waals surface area contributed by atoms with Crippen molar-refractivity contribution in [3.05, 3.63) is 0 Å². The van der Waals surface area contributed by atoms with Crippen LogP contribution in [0.4, 0.5) is 0 Å². The van der Waals surface area contributed by atoms with Gasteiger partial charge in [-0.2, -0.15) is 0 Å². The van der Waals surface area contributed by atoms with Crippen LogP contribution in [0, 0.1) is 11.8 Å². The normalized spacial score (nSPS) is 22.9. The van der Waals surface area contributed by atoms with Gasteiger partial charge < -0.3 is 10.0 Å². The number of carboxylic acids is 1. The fourth-order valence-corrected chi connectivity index (χ4v) is 2.04. The number of carbonyl (C=O) groups is 1. The SMILES string of the molecule is CC(CC(=O)O)C1CCN(C)CC1. The van der Waals surface area contributed by atoms with E-state index in [0.29, 0.717) is 18.3 Å². The predicted octanol–water partition coefficient (Wildman–Crippen LogP) is 1.44. The molecule has 1 heterocycles. The van der Waals surface area contributed by atoms with E-state index in [2.05, 4.69) is 18.9 Å². The summed E-state index contributed by atoms with van der Waals surface area (Å²) in [5.41, 5.74) is 0. The maximum Gasteiger partial charge on any atom is 0.303 e. The average Bonchev–Trinajstić information content (AvgIpc) is 2.04. The molecule has 0 aromatic rings. The molecule has 1 aliphatic heterocycles. The Bertz CT molecular complexity index is 174. The maximum absolute atomic E-state index is 10.5. The van der Waals surface area contributed by atoms with E-state index >= 15 is 0 Å². The molecule has 0 radical (unpaired) electrons. The standard InChI is InChI=1S/C10H19NO2/c1-8(7-10(12)13)9-3-5-11(2)6-4-9/h8-9H,3-7H2,1-2H3,(H,12,13). The molecule has 76 valence electrons. The highest BCUT2D eigenvalue weighted by atomic mass is 16.4. The van der Waals surface area contributed by atoms with Crippen molar-refractivity contribution in [1.82, 2.24) is 4.90 Å². The quantitative estimate of drug-likeness (QED) is 0.723. The molecule has 13 heavy (non-hydrogen) atoms. The molecule has 0 aromatic heterocycles. The van der Waals surface area contributed by atoms with Crippen molar-refractivity contribution in [1.29, 1.82) is 0 Å². The minimum Gasteiger partial charge on any atom is -0.481 e. The molecule has 3 heteroatoms. The lowest BCUT2D eigenvalue weighted by Crippen LogP contribution is -2.33. The van der Waals surface area contributed by atoms with Crippen LogP contribution >= 0.6 is 0 Å². The van der Waals surface area contributed by atoms with Crippen molar-refractivity contribution in [2.24, 2.45) is 11.8 Å². The molecule has 0 spiro atoms. The molecule has 0 aromatic carbocycles. The maximum atomic E-state index is 10.5. The lowest BCUT2D eigenvalue weighted by molar-refractivity contribution is -0.138. The van der Waals surface area contributed by atoms with Crippen LogP contribution in [0.25, 0.3) is 0 Å². The average molecular weight is 185 g/mol. The molecule has 0 saturated carbocycles. The third kappa shape index (κ3) is 3.35. The Balaban J connectivity index is 2.31. The number of nitrogens with zero attached hydrogens (tertiary/aromatic N) is 1. The second-order valence-corrected chi connectivity index (χ2v) is 4.22. The van der Waals surface area contributed by atoms with E-state index in [9.17, 15) is 4.79 Å². The summed E-state index contributed by atoms with van der Waals surface area (Å²) in [6, 6.07) is 0. The fourth-order valence-electron chi connectivity index (χ4n) is 2.04. The molecule has 1 unspecified atom stereocenters. The summed E-state index contributed by atoms with van der Waals surface area (Å²) in [6.07, 6.45) is 2.64. The highest BCUT2D eigenvalue weighted by Gasteiger charge is 2.23. The van der Waals surface area contributed by atoms with Gasteiger partial charge in [0.15, 0.2) is 0 Å². The van der Waals surface area contributed by atoms with Gasteiger partial charge in [-0.25, -0.2) is 0 Å². The molecular formula is C10H19NO2.